The van der Waals surface area contributed by atoms with Gasteiger partial charge in [0.25, 0.3) is 0 Å². The van der Waals surface area contributed by atoms with Crippen molar-refractivity contribution in [2.75, 3.05) is 24.1 Å². The van der Waals surface area contributed by atoms with Gasteiger partial charge in [0.05, 0.1) is 12.4 Å². The molecule has 0 radical (unpaired) electrons. The second-order valence-electron chi connectivity index (χ2n) is 7.05. The number of aliphatic hydroxyl groups is 1. The third-order valence-electron chi connectivity index (χ3n) is 4.82. The first-order chi connectivity index (χ1) is 12.4. The van der Waals surface area contributed by atoms with Crippen molar-refractivity contribution in [3.8, 4) is 0 Å². The van der Waals surface area contributed by atoms with Crippen molar-refractivity contribution in [2.24, 2.45) is 5.92 Å². The maximum absolute atomic E-state index is 11.2. The van der Waals surface area contributed by atoms with Crippen LogP contribution >= 0.6 is 0 Å². The van der Waals surface area contributed by atoms with Crippen LogP contribution in [-0.2, 0) is 22.9 Å². The van der Waals surface area contributed by atoms with Crippen LogP contribution in [0.25, 0.3) is 0 Å². The summed E-state index contributed by atoms with van der Waals surface area (Å²) >= 11 is 0. The molecule has 5 nitrogen and oxygen atoms in total. The van der Waals surface area contributed by atoms with Gasteiger partial charge in [-0.05, 0) is 60.5 Å². The molecule has 0 fully saturated rings. The second-order valence-corrected chi connectivity index (χ2v) is 8.80. The summed E-state index contributed by atoms with van der Waals surface area (Å²) in [7, 11) is -3.28. The number of hydrogen-bond acceptors (Lipinski definition) is 4. The lowest BCUT2D eigenvalue weighted by Crippen LogP contribution is -2.30. The molecule has 2 aromatic rings. The van der Waals surface area contributed by atoms with Crippen molar-refractivity contribution in [1.82, 2.24) is 5.32 Å². The highest BCUT2D eigenvalue weighted by molar-refractivity contribution is 7.92. The standard InChI is InChI=1S/C20H26N2O3S/c1-26(24,25)22-19-10-8-17(9-11-19)20(23)14-21-13-15-6-7-16-4-2-3-5-18(16)12-15/h2-5,8-11,15,20-23H,6-7,12-14H2,1H3. The molecule has 0 heterocycles. The zero-order valence-electron chi connectivity index (χ0n) is 15.0. The average Bonchev–Trinajstić information content (AvgIpc) is 2.61. The molecule has 3 N–H and O–H groups in total. The van der Waals surface area contributed by atoms with Gasteiger partial charge in [-0.2, -0.15) is 0 Å². The largest absolute Gasteiger partial charge is 0.387 e. The Morgan fingerprint density at radius 1 is 1.12 bits per heavy atom. The third-order valence-corrected chi connectivity index (χ3v) is 5.42. The molecule has 140 valence electrons. The highest BCUT2D eigenvalue weighted by Gasteiger charge is 2.18. The number of aryl methyl sites for hydroxylation is 1. The Labute approximate surface area is 155 Å². The fourth-order valence-corrected chi connectivity index (χ4v) is 4.04. The van der Waals surface area contributed by atoms with E-state index in [2.05, 4.69) is 34.3 Å². The molecular formula is C20H26N2O3S. The van der Waals surface area contributed by atoms with E-state index in [0.717, 1.165) is 31.2 Å². The molecule has 3 rings (SSSR count). The fraction of sp³-hybridized carbons (Fsp3) is 0.400. The SMILES string of the molecule is CS(=O)(=O)Nc1ccc(C(O)CNCC2CCc3ccccc3C2)cc1. The van der Waals surface area contributed by atoms with Crippen molar-refractivity contribution < 1.29 is 13.5 Å². The van der Waals surface area contributed by atoms with Crippen LogP contribution in [0.4, 0.5) is 5.69 Å². The van der Waals surface area contributed by atoms with Gasteiger partial charge >= 0.3 is 0 Å². The van der Waals surface area contributed by atoms with Crippen LogP contribution in [0.3, 0.4) is 0 Å². The van der Waals surface area contributed by atoms with Crippen LogP contribution in [0.15, 0.2) is 48.5 Å². The smallest absolute Gasteiger partial charge is 0.229 e. The van der Waals surface area contributed by atoms with E-state index >= 15 is 0 Å². The predicted molar refractivity (Wildman–Crippen MR) is 105 cm³/mol. The van der Waals surface area contributed by atoms with E-state index in [0.29, 0.717) is 18.2 Å². The van der Waals surface area contributed by atoms with E-state index in [4.69, 9.17) is 0 Å². The number of aliphatic hydroxyl groups excluding tert-OH is 1. The summed E-state index contributed by atoms with van der Waals surface area (Å²) in [5, 5.41) is 13.7. The van der Waals surface area contributed by atoms with E-state index in [9.17, 15) is 13.5 Å². The average molecular weight is 375 g/mol. The molecule has 0 aliphatic heterocycles. The first-order valence-electron chi connectivity index (χ1n) is 8.94. The molecule has 1 aliphatic carbocycles. The second kappa shape index (κ2) is 8.20. The van der Waals surface area contributed by atoms with Gasteiger partial charge in [-0.15, -0.1) is 0 Å². The van der Waals surface area contributed by atoms with E-state index in [1.54, 1.807) is 24.3 Å². The van der Waals surface area contributed by atoms with Gasteiger partial charge in [0, 0.05) is 12.2 Å². The molecule has 0 amide bonds. The quantitative estimate of drug-likeness (QED) is 0.696. The van der Waals surface area contributed by atoms with Crippen LogP contribution in [0, 0.1) is 5.92 Å². The number of rotatable bonds is 7. The van der Waals surface area contributed by atoms with E-state index in [1.807, 2.05) is 0 Å². The Morgan fingerprint density at radius 3 is 2.50 bits per heavy atom. The molecule has 0 bridgehead atoms. The lowest BCUT2D eigenvalue weighted by molar-refractivity contribution is 0.172. The summed E-state index contributed by atoms with van der Waals surface area (Å²) in [4.78, 5) is 0. The molecule has 6 heteroatoms. The topological polar surface area (TPSA) is 78.4 Å². The highest BCUT2D eigenvalue weighted by atomic mass is 32.2. The number of fused-ring (bicyclic) bond motifs is 1. The fourth-order valence-electron chi connectivity index (χ4n) is 3.48. The van der Waals surface area contributed by atoms with Crippen LogP contribution in [0.1, 0.15) is 29.2 Å². The maximum Gasteiger partial charge on any atom is 0.229 e. The van der Waals surface area contributed by atoms with Gasteiger partial charge in [-0.3, -0.25) is 4.72 Å². The predicted octanol–water partition coefficient (Wildman–Crippen LogP) is 2.49. The lowest BCUT2D eigenvalue weighted by atomic mass is 9.84. The van der Waals surface area contributed by atoms with Crippen LogP contribution in [0.2, 0.25) is 0 Å². The Balaban J connectivity index is 1.46. The summed E-state index contributed by atoms with van der Waals surface area (Å²) in [6.45, 7) is 1.37. The summed E-state index contributed by atoms with van der Waals surface area (Å²) < 4.78 is 24.9. The number of sulfonamides is 1. The molecule has 0 aromatic heterocycles. The van der Waals surface area contributed by atoms with Gasteiger partial charge in [0.2, 0.25) is 10.0 Å². The van der Waals surface area contributed by atoms with Crippen molar-refractivity contribution in [2.45, 2.75) is 25.4 Å². The molecule has 0 saturated heterocycles. The van der Waals surface area contributed by atoms with Gasteiger partial charge < -0.3 is 10.4 Å². The molecular weight excluding hydrogens is 348 g/mol. The van der Waals surface area contributed by atoms with E-state index in [1.165, 1.54) is 17.5 Å². The number of anilines is 1. The normalized spacial score (nSPS) is 18.2. The van der Waals surface area contributed by atoms with Crippen molar-refractivity contribution in [3.05, 3.63) is 65.2 Å². The maximum atomic E-state index is 11.2. The van der Waals surface area contributed by atoms with E-state index in [-0.39, 0.29) is 0 Å². The minimum atomic E-state index is -3.28. The molecule has 2 unspecified atom stereocenters. The Hall–Kier alpha value is -1.89. The van der Waals surface area contributed by atoms with Crippen LogP contribution in [0.5, 0.6) is 0 Å². The Bertz CT molecular complexity index is 834. The Kier molecular flexibility index (Phi) is 5.96. The third kappa shape index (κ3) is 5.30. The number of nitrogens with one attached hydrogen (secondary N) is 2. The summed E-state index contributed by atoms with van der Waals surface area (Å²) in [6.07, 6.45) is 3.89. The summed E-state index contributed by atoms with van der Waals surface area (Å²) in [6, 6.07) is 15.4. The Morgan fingerprint density at radius 2 is 1.81 bits per heavy atom. The van der Waals surface area contributed by atoms with Gasteiger partial charge in [-0.25, -0.2) is 8.42 Å². The molecule has 26 heavy (non-hydrogen) atoms. The van der Waals surface area contributed by atoms with Crippen molar-refractivity contribution in [3.63, 3.8) is 0 Å². The minimum absolute atomic E-state index is 0.483. The van der Waals surface area contributed by atoms with Crippen LogP contribution in [-0.4, -0.2) is 32.9 Å². The summed E-state index contributed by atoms with van der Waals surface area (Å²) in [5.74, 6) is 0.596. The van der Waals surface area contributed by atoms with Crippen LogP contribution < -0.4 is 10.0 Å². The molecule has 2 aromatic carbocycles. The van der Waals surface area contributed by atoms with Gasteiger partial charge in [0.15, 0.2) is 0 Å². The summed E-state index contributed by atoms with van der Waals surface area (Å²) in [5.41, 5.74) is 4.18. The highest BCUT2D eigenvalue weighted by Crippen LogP contribution is 2.25. The molecule has 0 spiro atoms. The minimum Gasteiger partial charge on any atom is -0.387 e. The molecule has 0 saturated carbocycles. The zero-order valence-corrected chi connectivity index (χ0v) is 15.8. The zero-order chi connectivity index (χ0) is 18.6. The monoisotopic (exact) mass is 374 g/mol. The molecule has 2 atom stereocenters. The first kappa shape index (κ1) is 18.9. The van der Waals surface area contributed by atoms with E-state index < -0.39 is 16.1 Å². The lowest BCUT2D eigenvalue weighted by Gasteiger charge is -2.25. The first-order valence-corrected chi connectivity index (χ1v) is 10.8. The van der Waals surface area contributed by atoms with Gasteiger partial charge in [0.1, 0.15) is 0 Å². The van der Waals surface area contributed by atoms with Gasteiger partial charge in [-0.1, -0.05) is 36.4 Å². The van der Waals surface area contributed by atoms with Crippen molar-refractivity contribution >= 4 is 15.7 Å². The van der Waals surface area contributed by atoms with Crippen molar-refractivity contribution in [1.29, 1.82) is 0 Å². The number of benzene rings is 2. The molecule has 1 aliphatic rings. The number of hydrogen-bond donors (Lipinski definition) is 3.